The van der Waals surface area contributed by atoms with Gasteiger partial charge >= 0.3 is 0 Å². The van der Waals surface area contributed by atoms with Gasteiger partial charge in [-0.1, -0.05) is 44.6 Å². The number of allylic oxidation sites excluding steroid dienone is 3. The van der Waals surface area contributed by atoms with Gasteiger partial charge in [-0.2, -0.15) is 0 Å². The third-order valence-corrected chi connectivity index (χ3v) is 5.52. The molecule has 0 heterocycles. The highest BCUT2D eigenvalue weighted by molar-refractivity contribution is 5.21. The largest absolute Gasteiger partial charge is 0.0995 e. The molecule has 0 amide bonds. The minimum absolute atomic E-state index is 0.490. The Labute approximate surface area is 101 Å². The first kappa shape index (κ1) is 12.0. The van der Waals surface area contributed by atoms with Crippen molar-refractivity contribution in [1.29, 1.82) is 0 Å². The molecule has 0 aromatic heterocycles. The van der Waals surface area contributed by atoms with Gasteiger partial charge in [0.15, 0.2) is 0 Å². The monoisotopic (exact) mass is 218 g/mol. The van der Waals surface area contributed by atoms with E-state index < -0.39 is 0 Å². The van der Waals surface area contributed by atoms with E-state index in [9.17, 15) is 0 Å². The molecule has 0 saturated heterocycles. The van der Waals surface area contributed by atoms with Crippen molar-refractivity contribution in [1.82, 2.24) is 0 Å². The van der Waals surface area contributed by atoms with Gasteiger partial charge in [-0.25, -0.2) is 0 Å². The summed E-state index contributed by atoms with van der Waals surface area (Å²) in [5, 5.41) is 0. The van der Waals surface area contributed by atoms with Crippen molar-refractivity contribution in [2.75, 3.05) is 0 Å². The SMILES string of the molecule is C=C1CCC=C(C)CCC2(C)C1CC2(C)C. The first-order valence-corrected chi connectivity index (χ1v) is 6.70. The molecule has 1 saturated carbocycles. The van der Waals surface area contributed by atoms with Crippen molar-refractivity contribution >= 4 is 0 Å². The molecule has 0 radical (unpaired) electrons. The zero-order chi connectivity index (χ0) is 12.0. The lowest BCUT2D eigenvalue weighted by Gasteiger charge is -2.62. The normalized spacial score (nSPS) is 38.6. The average molecular weight is 218 g/mol. The molecular formula is C16H26. The molecule has 0 bridgehead atoms. The van der Waals surface area contributed by atoms with E-state index in [2.05, 4.69) is 40.3 Å². The van der Waals surface area contributed by atoms with E-state index in [1.807, 2.05) is 0 Å². The van der Waals surface area contributed by atoms with Crippen LogP contribution in [0.2, 0.25) is 0 Å². The molecule has 2 rings (SSSR count). The summed E-state index contributed by atoms with van der Waals surface area (Å²) in [5.74, 6) is 0.779. The number of hydrogen-bond acceptors (Lipinski definition) is 0. The number of rotatable bonds is 0. The molecule has 0 aliphatic heterocycles. The standard InChI is InChI=1S/C16H26/c1-12-7-6-8-13(2)14-11-15(3,4)16(14,5)10-9-12/h7,14H,2,6,8-11H2,1,3-5H3. The average Bonchev–Trinajstić information content (AvgIpc) is 2.25. The molecule has 1 fully saturated rings. The van der Waals surface area contributed by atoms with E-state index in [1.54, 1.807) is 5.57 Å². The summed E-state index contributed by atoms with van der Waals surface area (Å²) in [4.78, 5) is 0. The highest BCUT2D eigenvalue weighted by Crippen LogP contribution is 2.65. The van der Waals surface area contributed by atoms with Gasteiger partial charge in [-0.15, -0.1) is 0 Å². The third-order valence-electron chi connectivity index (χ3n) is 5.52. The summed E-state index contributed by atoms with van der Waals surface area (Å²) >= 11 is 0. The molecule has 0 spiro atoms. The highest BCUT2D eigenvalue weighted by Gasteiger charge is 2.56. The van der Waals surface area contributed by atoms with Crippen molar-refractivity contribution in [2.45, 2.75) is 59.8 Å². The molecule has 0 aromatic rings. The first-order chi connectivity index (χ1) is 7.37. The molecule has 0 nitrogen and oxygen atoms in total. The van der Waals surface area contributed by atoms with E-state index in [-0.39, 0.29) is 0 Å². The lowest BCUT2D eigenvalue weighted by molar-refractivity contribution is -0.0962. The van der Waals surface area contributed by atoms with E-state index in [1.165, 1.54) is 37.7 Å². The summed E-state index contributed by atoms with van der Waals surface area (Å²) in [6.45, 7) is 14.0. The maximum atomic E-state index is 4.35. The van der Waals surface area contributed by atoms with Gasteiger partial charge in [0.1, 0.15) is 0 Å². The van der Waals surface area contributed by atoms with Crippen LogP contribution in [-0.4, -0.2) is 0 Å². The Bertz CT molecular complexity index is 332. The predicted octanol–water partition coefficient (Wildman–Crippen LogP) is 5.12. The maximum absolute atomic E-state index is 4.35. The molecule has 2 aliphatic carbocycles. The number of hydrogen-bond donors (Lipinski definition) is 0. The second-order valence-electron chi connectivity index (χ2n) is 6.81. The molecule has 2 atom stereocenters. The van der Waals surface area contributed by atoms with E-state index in [0.717, 1.165) is 5.92 Å². The van der Waals surface area contributed by atoms with Gasteiger partial charge < -0.3 is 0 Å². The second kappa shape index (κ2) is 3.75. The highest BCUT2D eigenvalue weighted by atomic mass is 14.6. The molecule has 90 valence electrons. The van der Waals surface area contributed by atoms with E-state index in [4.69, 9.17) is 0 Å². The Morgan fingerprint density at radius 2 is 1.94 bits per heavy atom. The van der Waals surface area contributed by atoms with Crippen LogP contribution >= 0.6 is 0 Å². The van der Waals surface area contributed by atoms with Crippen LogP contribution in [0.3, 0.4) is 0 Å². The summed E-state index contributed by atoms with van der Waals surface area (Å²) in [6.07, 6.45) is 8.80. The fraction of sp³-hybridized carbons (Fsp3) is 0.750. The summed E-state index contributed by atoms with van der Waals surface area (Å²) in [6, 6.07) is 0. The minimum Gasteiger partial charge on any atom is -0.0995 e. The topological polar surface area (TPSA) is 0 Å². The second-order valence-corrected chi connectivity index (χ2v) is 6.81. The van der Waals surface area contributed by atoms with Gasteiger partial charge in [0.05, 0.1) is 0 Å². The molecule has 0 aromatic carbocycles. The Kier molecular flexibility index (Phi) is 2.80. The van der Waals surface area contributed by atoms with Gasteiger partial charge in [0.25, 0.3) is 0 Å². The molecular weight excluding hydrogens is 192 g/mol. The minimum atomic E-state index is 0.490. The third kappa shape index (κ3) is 1.67. The van der Waals surface area contributed by atoms with Crippen molar-refractivity contribution in [2.24, 2.45) is 16.7 Å². The van der Waals surface area contributed by atoms with Gasteiger partial charge in [-0.05, 0) is 55.8 Å². The van der Waals surface area contributed by atoms with Crippen LogP contribution in [0.1, 0.15) is 59.8 Å². The van der Waals surface area contributed by atoms with Crippen LogP contribution in [0, 0.1) is 16.7 Å². The summed E-state index contributed by atoms with van der Waals surface area (Å²) in [7, 11) is 0. The van der Waals surface area contributed by atoms with Crippen LogP contribution in [0.15, 0.2) is 23.8 Å². The predicted molar refractivity (Wildman–Crippen MR) is 71.4 cm³/mol. The zero-order valence-corrected chi connectivity index (χ0v) is 11.4. The van der Waals surface area contributed by atoms with E-state index in [0.29, 0.717) is 10.8 Å². The van der Waals surface area contributed by atoms with Crippen LogP contribution in [0.5, 0.6) is 0 Å². The van der Waals surface area contributed by atoms with Crippen LogP contribution in [0.4, 0.5) is 0 Å². The van der Waals surface area contributed by atoms with Crippen molar-refractivity contribution in [3.8, 4) is 0 Å². The van der Waals surface area contributed by atoms with Crippen LogP contribution in [0.25, 0.3) is 0 Å². The molecule has 0 N–H and O–H groups in total. The summed E-state index contributed by atoms with van der Waals surface area (Å²) < 4.78 is 0. The van der Waals surface area contributed by atoms with Crippen LogP contribution < -0.4 is 0 Å². The van der Waals surface area contributed by atoms with Gasteiger partial charge in [0, 0.05) is 0 Å². The van der Waals surface area contributed by atoms with Crippen LogP contribution in [-0.2, 0) is 0 Å². The maximum Gasteiger partial charge on any atom is -0.0141 e. The van der Waals surface area contributed by atoms with Gasteiger partial charge in [0.2, 0.25) is 0 Å². The van der Waals surface area contributed by atoms with Crippen molar-refractivity contribution in [3.05, 3.63) is 23.8 Å². The lowest BCUT2D eigenvalue weighted by atomic mass is 9.43. The molecule has 2 unspecified atom stereocenters. The Morgan fingerprint density at radius 3 is 2.56 bits per heavy atom. The Hall–Kier alpha value is -0.520. The lowest BCUT2D eigenvalue weighted by Crippen LogP contribution is -2.53. The quantitative estimate of drug-likeness (QED) is 0.495. The van der Waals surface area contributed by atoms with Crippen molar-refractivity contribution in [3.63, 3.8) is 0 Å². The molecule has 16 heavy (non-hydrogen) atoms. The van der Waals surface area contributed by atoms with E-state index >= 15 is 0 Å². The fourth-order valence-corrected chi connectivity index (χ4v) is 3.65. The fourth-order valence-electron chi connectivity index (χ4n) is 3.65. The zero-order valence-electron chi connectivity index (χ0n) is 11.4. The number of fused-ring (bicyclic) bond motifs is 1. The summed E-state index contributed by atoms with van der Waals surface area (Å²) in [5.41, 5.74) is 4.08. The smallest absolute Gasteiger partial charge is 0.0141 e. The Balaban J connectivity index is 2.24. The van der Waals surface area contributed by atoms with Gasteiger partial charge in [-0.3, -0.25) is 0 Å². The Morgan fingerprint density at radius 1 is 1.25 bits per heavy atom. The molecule has 2 aliphatic rings. The first-order valence-electron chi connectivity index (χ1n) is 6.70. The van der Waals surface area contributed by atoms with Crippen molar-refractivity contribution < 1.29 is 0 Å². The molecule has 0 heteroatoms.